The van der Waals surface area contributed by atoms with E-state index in [4.69, 9.17) is 9.84 Å². The van der Waals surface area contributed by atoms with Gasteiger partial charge in [-0.3, -0.25) is 4.79 Å². The standard InChI is InChI=1S/C12H14O3/c1-8-3-2-4-10(5-8)15-11-6-9(7-11)12(13)14/h2-5,9,11H,6-7H2,1H3,(H,13,14). The van der Waals surface area contributed by atoms with E-state index in [0.717, 1.165) is 11.3 Å². The van der Waals surface area contributed by atoms with E-state index in [9.17, 15) is 4.79 Å². The van der Waals surface area contributed by atoms with Gasteiger partial charge in [-0.25, -0.2) is 0 Å². The number of ether oxygens (including phenoxy) is 1. The zero-order valence-electron chi connectivity index (χ0n) is 8.64. The van der Waals surface area contributed by atoms with Crippen LogP contribution in [0.15, 0.2) is 24.3 Å². The number of aliphatic carboxylic acids is 1. The molecule has 1 aliphatic rings. The van der Waals surface area contributed by atoms with Crippen LogP contribution in [0.4, 0.5) is 0 Å². The van der Waals surface area contributed by atoms with Gasteiger partial charge in [-0.05, 0) is 37.5 Å². The van der Waals surface area contributed by atoms with Gasteiger partial charge >= 0.3 is 5.97 Å². The van der Waals surface area contributed by atoms with Crippen molar-refractivity contribution >= 4 is 5.97 Å². The van der Waals surface area contributed by atoms with E-state index >= 15 is 0 Å². The number of carboxylic acids is 1. The van der Waals surface area contributed by atoms with Crippen LogP contribution in [0.25, 0.3) is 0 Å². The molecule has 80 valence electrons. The summed E-state index contributed by atoms with van der Waals surface area (Å²) in [6, 6.07) is 7.82. The fourth-order valence-corrected chi connectivity index (χ4v) is 1.74. The highest BCUT2D eigenvalue weighted by Crippen LogP contribution is 2.31. The summed E-state index contributed by atoms with van der Waals surface area (Å²) < 4.78 is 5.65. The molecule has 0 unspecified atom stereocenters. The molecule has 0 aromatic heterocycles. The van der Waals surface area contributed by atoms with Crippen LogP contribution in [0.2, 0.25) is 0 Å². The first-order chi connectivity index (χ1) is 7.15. The molecule has 0 spiro atoms. The maximum Gasteiger partial charge on any atom is 0.306 e. The summed E-state index contributed by atoms with van der Waals surface area (Å²) in [7, 11) is 0. The van der Waals surface area contributed by atoms with Gasteiger partial charge in [0.1, 0.15) is 11.9 Å². The summed E-state index contributed by atoms with van der Waals surface area (Å²) in [6.07, 6.45) is 1.33. The van der Waals surface area contributed by atoms with Crippen LogP contribution >= 0.6 is 0 Å². The summed E-state index contributed by atoms with van der Waals surface area (Å²) in [5, 5.41) is 8.71. The third-order valence-electron chi connectivity index (χ3n) is 2.74. The molecule has 1 aromatic carbocycles. The molecule has 0 bridgehead atoms. The van der Waals surface area contributed by atoms with Gasteiger partial charge < -0.3 is 9.84 Å². The largest absolute Gasteiger partial charge is 0.490 e. The van der Waals surface area contributed by atoms with Crippen LogP contribution in [0.5, 0.6) is 5.75 Å². The van der Waals surface area contributed by atoms with Crippen molar-refractivity contribution < 1.29 is 14.6 Å². The highest BCUT2D eigenvalue weighted by molar-refractivity contribution is 5.71. The predicted molar refractivity (Wildman–Crippen MR) is 56.0 cm³/mol. The molecule has 1 saturated carbocycles. The second-order valence-corrected chi connectivity index (χ2v) is 4.06. The van der Waals surface area contributed by atoms with Crippen molar-refractivity contribution in [3.63, 3.8) is 0 Å². The monoisotopic (exact) mass is 206 g/mol. The molecule has 0 amide bonds. The molecule has 3 heteroatoms. The molecule has 3 nitrogen and oxygen atoms in total. The number of benzene rings is 1. The second-order valence-electron chi connectivity index (χ2n) is 4.06. The summed E-state index contributed by atoms with van der Waals surface area (Å²) >= 11 is 0. The Bertz CT molecular complexity index is 367. The molecule has 0 radical (unpaired) electrons. The lowest BCUT2D eigenvalue weighted by Crippen LogP contribution is -2.38. The van der Waals surface area contributed by atoms with E-state index in [1.807, 2.05) is 31.2 Å². The third-order valence-corrected chi connectivity index (χ3v) is 2.74. The Morgan fingerprint density at radius 1 is 1.47 bits per heavy atom. The zero-order chi connectivity index (χ0) is 10.8. The van der Waals surface area contributed by atoms with Gasteiger partial charge in [-0.15, -0.1) is 0 Å². The molecule has 15 heavy (non-hydrogen) atoms. The van der Waals surface area contributed by atoms with E-state index in [-0.39, 0.29) is 12.0 Å². The van der Waals surface area contributed by atoms with Crippen molar-refractivity contribution in [1.29, 1.82) is 0 Å². The van der Waals surface area contributed by atoms with Gasteiger partial charge in [-0.2, -0.15) is 0 Å². The lowest BCUT2D eigenvalue weighted by atomic mass is 9.82. The van der Waals surface area contributed by atoms with E-state index in [1.54, 1.807) is 0 Å². The van der Waals surface area contributed by atoms with Crippen molar-refractivity contribution in [2.45, 2.75) is 25.9 Å². The number of aryl methyl sites for hydroxylation is 1. The minimum atomic E-state index is -0.709. The fourth-order valence-electron chi connectivity index (χ4n) is 1.74. The average molecular weight is 206 g/mol. The van der Waals surface area contributed by atoms with Crippen molar-refractivity contribution in [1.82, 2.24) is 0 Å². The summed E-state index contributed by atoms with van der Waals surface area (Å²) in [4.78, 5) is 10.6. The van der Waals surface area contributed by atoms with Crippen LogP contribution in [0.3, 0.4) is 0 Å². The topological polar surface area (TPSA) is 46.5 Å². The highest BCUT2D eigenvalue weighted by atomic mass is 16.5. The zero-order valence-corrected chi connectivity index (χ0v) is 8.64. The molecule has 1 N–H and O–H groups in total. The number of hydrogen-bond donors (Lipinski definition) is 1. The van der Waals surface area contributed by atoms with Crippen molar-refractivity contribution in [2.24, 2.45) is 5.92 Å². The van der Waals surface area contributed by atoms with E-state index in [2.05, 4.69) is 0 Å². The van der Waals surface area contributed by atoms with Crippen LogP contribution in [-0.2, 0) is 4.79 Å². The van der Waals surface area contributed by atoms with Crippen LogP contribution in [0, 0.1) is 12.8 Å². The average Bonchev–Trinajstić information content (AvgIpc) is 2.10. The maximum atomic E-state index is 10.6. The first kappa shape index (κ1) is 10.0. The highest BCUT2D eigenvalue weighted by Gasteiger charge is 2.35. The second kappa shape index (κ2) is 3.93. The summed E-state index contributed by atoms with van der Waals surface area (Å²) in [5.74, 6) is -0.0808. The lowest BCUT2D eigenvalue weighted by molar-refractivity contribution is -0.147. The molecule has 1 fully saturated rings. The van der Waals surface area contributed by atoms with Crippen LogP contribution < -0.4 is 4.74 Å². The van der Waals surface area contributed by atoms with Crippen molar-refractivity contribution in [3.05, 3.63) is 29.8 Å². The normalized spacial score (nSPS) is 24.3. The molecule has 0 atom stereocenters. The molecule has 1 aromatic rings. The Morgan fingerprint density at radius 3 is 2.80 bits per heavy atom. The van der Waals surface area contributed by atoms with Gasteiger partial charge in [0.05, 0.1) is 5.92 Å². The van der Waals surface area contributed by atoms with Crippen LogP contribution in [-0.4, -0.2) is 17.2 Å². The Morgan fingerprint density at radius 2 is 2.20 bits per heavy atom. The van der Waals surface area contributed by atoms with Gasteiger partial charge in [0.15, 0.2) is 0 Å². The third kappa shape index (κ3) is 2.29. The van der Waals surface area contributed by atoms with Gasteiger partial charge in [0.25, 0.3) is 0 Å². The van der Waals surface area contributed by atoms with Crippen molar-refractivity contribution in [3.8, 4) is 5.75 Å². The molecule has 0 saturated heterocycles. The molecular formula is C12H14O3. The lowest BCUT2D eigenvalue weighted by Gasteiger charge is -2.32. The molecule has 1 aliphatic carbocycles. The fraction of sp³-hybridized carbons (Fsp3) is 0.417. The first-order valence-electron chi connectivity index (χ1n) is 5.11. The summed E-state index contributed by atoms with van der Waals surface area (Å²) in [5.41, 5.74) is 1.15. The van der Waals surface area contributed by atoms with E-state index < -0.39 is 5.97 Å². The van der Waals surface area contributed by atoms with Gasteiger partial charge in [0, 0.05) is 0 Å². The number of hydrogen-bond acceptors (Lipinski definition) is 2. The molecule has 0 aliphatic heterocycles. The molecule has 0 heterocycles. The Balaban J connectivity index is 1.87. The van der Waals surface area contributed by atoms with Crippen LogP contribution in [0.1, 0.15) is 18.4 Å². The maximum absolute atomic E-state index is 10.6. The Kier molecular flexibility index (Phi) is 2.62. The number of carboxylic acid groups (broad SMARTS) is 1. The number of rotatable bonds is 3. The summed E-state index contributed by atoms with van der Waals surface area (Å²) in [6.45, 7) is 2.01. The first-order valence-corrected chi connectivity index (χ1v) is 5.11. The van der Waals surface area contributed by atoms with E-state index in [1.165, 1.54) is 0 Å². The SMILES string of the molecule is Cc1cccc(OC2CC(C(=O)O)C2)c1. The van der Waals surface area contributed by atoms with Crippen molar-refractivity contribution in [2.75, 3.05) is 0 Å². The quantitative estimate of drug-likeness (QED) is 0.825. The van der Waals surface area contributed by atoms with E-state index in [0.29, 0.717) is 12.8 Å². The smallest absolute Gasteiger partial charge is 0.306 e. The van der Waals surface area contributed by atoms with Gasteiger partial charge in [-0.1, -0.05) is 12.1 Å². The Labute approximate surface area is 88.7 Å². The predicted octanol–water partition coefficient (Wildman–Crippen LogP) is 2.24. The minimum absolute atomic E-state index is 0.0768. The molecular weight excluding hydrogens is 192 g/mol. The minimum Gasteiger partial charge on any atom is -0.490 e. The molecule has 2 rings (SSSR count). The van der Waals surface area contributed by atoms with Gasteiger partial charge in [0.2, 0.25) is 0 Å². The Hall–Kier alpha value is -1.51. The number of carbonyl (C=O) groups is 1.